The Bertz CT molecular complexity index is 1300. The summed E-state index contributed by atoms with van der Waals surface area (Å²) in [5.74, 6) is -0.650. The zero-order chi connectivity index (χ0) is 22.0. The maximum absolute atomic E-state index is 12.4. The van der Waals surface area contributed by atoms with E-state index in [0.29, 0.717) is 22.6 Å². The highest BCUT2D eigenvalue weighted by atomic mass is 16.2. The van der Waals surface area contributed by atoms with Crippen molar-refractivity contribution in [2.24, 2.45) is 0 Å². The molecule has 0 spiro atoms. The average molecular weight is 419 g/mol. The minimum atomic E-state index is -0.336. The second kappa shape index (κ2) is 8.27. The quantitative estimate of drug-likeness (QED) is 0.432. The fraction of sp³-hybridized carbons (Fsp3) is 0.190. The number of aromatic nitrogens is 5. The Kier molecular flexibility index (Phi) is 5.35. The van der Waals surface area contributed by atoms with E-state index < -0.39 is 0 Å². The van der Waals surface area contributed by atoms with E-state index >= 15 is 0 Å². The van der Waals surface area contributed by atoms with Crippen LogP contribution in [0.15, 0.2) is 53.6 Å². The number of anilines is 1. The van der Waals surface area contributed by atoms with Crippen molar-refractivity contribution in [3.63, 3.8) is 0 Å². The van der Waals surface area contributed by atoms with Crippen LogP contribution in [0.1, 0.15) is 17.0 Å². The number of carbonyl (C=O) groups excluding carboxylic acids is 2. The van der Waals surface area contributed by atoms with Gasteiger partial charge >= 0.3 is 0 Å². The molecule has 3 aromatic heterocycles. The summed E-state index contributed by atoms with van der Waals surface area (Å²) in [5.41, 5.74) is 3.82. The van der Waals surface area contributed by atoms with Crippen LogP contribution in [0.2, 0.25) is 0 Å². The zero-order valence-corrected chi connectivity index (χ0v) is 17.0. The monoisotopic (exact) mass is 419 g/mol. The van der Waals surface area contributed by atoms with Crippen molar-refractivity contribution in [3.05, 3.63) is 76.1 Å². The van der Waals surface area contributed by atoms with E-state index in [1.165, 1.54) is 6.07 Å². The third kappa shape index (κ3) is 4.37. The average Bonchev–Trinajstić information content (AvgIpc) is 3.40. The Morgan fingerprint density at radius 2 is 1.90 bits per heavy atom. The van der Waals surface area contributed by atoms with Gasteiger partial charge in [0.2, 0.25) is 11.8 Å². The number of aromatic amines is 1. The smallest absolute Gasteiger partial charge is 0.266 e. The summed E-state index contributed by atoms with van der Waals surface area (Å²) in [6, 6.07) is 10.4. The Balaban J connectivity index is 1.34. The lowest BCUT2D eigenvalue weighted by Crippen LogP contribution is -2.34. The number of benzene rings is 1. The first-order valence-electron chi connectivity index (χ1n) is 9.65. The lowest BCUT2D eigenvalue weighted by molar-refractivity contribution is -0.123. The number of hydrogen-bond donors (Lipinski definition) is 3. The lowest BCUT2D eigenvalue weighted by Gasteiger charge is -2.12. The summed E-state index contributed by atoms with van der Waals surface area (Å²) < 4.78 is 3.27. The van der Waals surface area contributed by atoms with Crippen molar-refractivity contribution < 1.29 is 9.59 Å². The molecule has 3 heterocycles. The van der Waals surface area contributed by atoms with Gasteiger partial charge in [0.15, 0.2) is 5.65 Å². The van der Waals surface area contributed by atoms with E-state index in [2.05, 4.69) is 25.8 Å². The first-order valence-corrected chi connectivity index (χ1v) is 9.65. The van der Waals surface area contributed by atoms with Gasteiger partial charge in [-0.25, -0.2) is 14.2 Å². The van der Waals surface area contributed by atoms with E-state index in [0.717, 1.165) is 11.4 Å². The highest BCUT2D eigenvalue weighted by Gasteiger charge is 2.15. The predicted octanol–water partition coefficient (Wildman–Crippen LogP) is 1.12. The fourth-order valence-corrected chi connectivity index (χ4v) is 3.34. The topological polar surface area (TPSA) is 126 Å². The van der Waals surface area contributed by atoms with Gasteiger partial charge in [-0.15, -0.1) is 0 Å². The van der Waals surface area contributed by atoms with Gasteiger partial charge < -0.3 is 10.6 Å². The highest BCUT2D eigenvalue weighted by molar-refractivity contribution is 5.94. The van der Waals surface area contributed by atoms with Crippen LogP contribution < -0.4 is 16.2 Å². The van der Waals surface area contributed by atoms with Gasteiger partial charge in [0.1, 0.15) is 0 Å². The SMILES string of the molecule is Cc1nc2cc(=O)[nH]n2c(C)c1CC(=O)NCC(=O)Nc1ccc(-n2cccn2)cc1. The second-order valence-corrected chi connectivity index (χ2v) is 7.07. The van der Waals surface area contributed by atoms with E-state index in [9.17, 15) is 14.4 Å². The minimum Gasteiger partial charge on any atom is -0.347 e. The molecule has 4 aromatic rings. The molecular weight excluding hydrogens is 398 g/mol. The van der Waals surface area contributed by atoms with Crippen LogP contribution in [0.3, 0.4) is 0 Å². The summed E-state index contributed by atoms with van der Waals surface area (Å²) in [6.45, 7) is 3.43. The number of nitrogens with one attached hydrogen (secondary N) is 3. The largest absolute Gasteiger partial charge is 0.347 e. The Morgan fingerprint density at radius 3 is 2.61 bits per heavy atom. The molecule has 0 atom stereocenters. The van der Waals surface area contributed by atoms with Crippen LogP contribution in [0.5, 0.6) is 0 Å². The molecule has 158 valence electrons. The van der Waals surface area contributed by atoms with Gasteiger partial charge in [0.25, 0.3) is 5.56 Å². The summed E-state index contributed by atoms with van der Waals surface area (Å²) in [5, 5.41) is 12.2. The first-order chi connectivity index (χ1) is 14.9. The van der Waals surface area contributed by atoms with E-state index in [1.54, 1.807) is 41.4 Å². The molecule has 0 saturated heterocycles. The normalized spacial score (nSPS) is 10.9. The molecular formula is C21H21N7O3. The van der Waals surface area contributed by atoms with Crippen molar-refractivity contribution in [3.8, 4) is 5.69 Å². The number of rotatable bonds is 6. The van der Waals surface area contributed by atoms with E-state index in [-0.39, 0.29) is 30.3 Å². The Morgan fingerprint density at radius 1 is 1.13 bits per heavy atom. The van der Waals surface area contributed by atoms with Gasteiger partial charge in [-0.05, 0) is 44.2 Å². The molecule has 0 bridgehead atoms. The van der Waals surface area contributed by atoms with Gasteiger partial charge in [-0.2, -0.15) is 5.10 Å². The van der Waals surface area contributed by atoms with Crippen molar-refractivity contribution in [1.82, 2.24) is 29.7 Å². The maximum Gasteiger partial charge on any atom is 0.266 e. The van der Waals surface area contributed by atoms with Crippen molar-refractivity contribution in [2.75, 3.05) is 11.9 Å². The van der Waals surface area contributed by atoms with Crippen LogP contribution in [0, 0.1) is 13.8 Å². The van der Waals surface area contributed by atoms with Crippen LogP contribution in [-0.2, 0) is 16.0 Å². The maximum atomic E-state index is 12.4. The Labute approximate surface area is 176 Å². The lowest BCUT2D eigenvalue weighted by atomic mass is 10.1. The molecule has 31 heavy (non-hydrogen) atoms. The number of aryl methyl sites for hydroxylation is 2. The number of carbonyl (C=O) groups is 2. The fourth-order valence-electron chi connectivity index (χ4n) is 3.34. The first kappa shape index (κ1) is 20.1. The second-order valence-electron chi connectivity index (χ2n) is 7.07. The molecule has 4 rings (SSSR count). The summed E-state index contributed by atoms with van der Waals surface area (Å²) >= 11 is 0. The number of H-pyrrole nitrogens is 1. The van der Waals surface area contributed by atoms with Gasteiger partial charge in [-0.1, -0.05) is 0 Å². The third-order valence-electron chi connectivity index (χ3n) is 4.91. The molecule has 10 heteroatoms. The molecule has 0 unspecified atom stereocenters. The molecule has 0 aliphatic heterocycles. The summed E-state index contributed by atoms with van der Waals surface area (Å²) in [6.07, 6.45) is 3.56. The molecule has 0 aliphatic carbocycles. The number of amides is 2. The highest BCUT2D eigenvalue weighted by Crippen LogP contribution is 2.14. The summed E-state index contributed by atoms with van der Waals surface area (Å²) in [7, 11) is 0. The van der Waals surface area contributed by atoms with E-state index in [4.69, 9.17) is 0 Å². The van der Waals surface area contributed by atoms with Crippen molar-refractivity contribution in [2.45, 2.75) is 20.3 Å². The van der Waals surface area contributed by atoms with Crippen LogP contribution in [0.4, 0.5) is 5.69 Å². The van der Waals surface area contributed by atoms with Gasteiger partial charge in [0, 0.05) is 41.1 Å². The van der Waals surface area contributed by atoms with Gasteiger partial charge in [0.05, 0.1) is 18.7 Å². The zero-order valence-electron chi connectivity index (χ0n) is 17.0. The molecule has 0 aliphatic rings. The number of nitrogens with zero attached hydrogens (tertiary/aromatic N) is 4. The molecule has 0 radical (unpaired) electrons. The Hall–Kier alpha value is -4.21. The number of hydrogen-bond acceptors (Lipinski definition) is 5. The van der Waals surface area contributed by atoms with Crippen molar-refractivity contribution in [1.29, 1.82) is 0 Å². The summed E-state index contributed by atoms with van der Waals surface area (Å²) in [4.78, 5) is 40.5. The van der Waals surface area contributed by atoms with Gasteiger partial charge in [-0.3, -0.25) is 19.5 Å². The van der Waals surface area contributed by atoms with Crippen molar-refractivity contribution >= 4 is 23.1 Å². The molecule has 2 amide bonds. The standard InChI is InChI=1S/C21H21N7O3/c1-13-17(14(2)28-18(24-13)11-20(30)26-28)10-19(29)22-12-21(31)25-15-4-6-16(7-5-15)27-9-3-8-23-27/h3-9,11H,10,12H2,1-2H3,(H,22,29)(H,25,31)(H,26,30). The molecule has 0 fully saturated rings. The molecule has 0 saturated carbocycles. The number of fused-ring (bicyclic) bond motifs is 1. The van der Waals surface area contributed by atoms with Crippen LogP contribution in [0.25, 0.3) is 11.3 Å². The molecule has 1 aromatic carbocycles. The van der Waals surface area contributed by atoms with Crippen LogP contribution in [-0.4, -0.2) is 42.7 Å². The molecule has 3 N–H and O–H groups in total. The van der Waals surface area contributed by atoms with E-state index in [1.807, 2.05) is 24.4 Å². The third-order valence-corrected chi connectivity index (χ3v) is 4.91. The van der Waals surface area contributed by atoms with Crippen LogP contribution >= 0.6 is 0 Å². The predicted molar refractivity (Wildman–Crippen MR) is 114 cm³/mol. The minimum absolute atomic E-state index is 0.0483. The molecule has 10 nitrogen and oxygen atoms in total.